The Morgan fingerprint density at radius 2 is 1.94 bits per heavy atom. The van der Waals surface area contributed by atoms with Crippen LogP contribution in [0.5, 0.6) is 0 Å². The highest BCUT2D eigenvalue weighted by molar-refractivity contribution is 9.10. The summed E-state index contributed by atoms with van der Waals surface area (Å²) in [6, 6.07) is 1.16. The molecule has 0 aromatic heterocycles. The van der Waals surface area contributed by atoms with Gasteiger partial charge in [-0.3, -0.25) is 14.9 Å². The molecule has 0 aliphatic heterocycles. The van der Waals surface area contributed by atoms with Crippen LogP contribution in [0.2, 0.25) is 0 Å². The van der Waals surface area contributed by atoms with Crippen molar-refractivity contribution in [2.24, 2.45) is 0 Å². The van der Waals surface area contributed by atoms with E-state index in [1.54, 1.807) is 0 Å². The van der Waals surface area contributed by atoms with E-state index in [0.717, 1.165) is 6.92 Å². The molecule has 4 nitrogen and oxygen atoms in total. The molecule has 17 heavy (non-hydrogen) atoms. The van der Waals surface area contributed by atoms with Crippen molar-refractivity contribution in [3.63, 3.8) is 0 Å². The van der Waals surface area contributed by atoms with E-state index < -0.39 is 28.1 Å². The molecule has 1 aromatic rings. The van der Waals surface area contributed by atoms with Crippen LogP contribution >= 0.6 is 15.9 Å². The van der Waals surface area contributed by atoms with Gasteiger partial charge in [0.25, 0.3) is 5.69 Å². The first-order chi connectivity index (χ1) is 7.64. The molecule has 0 heterocycles. The van der Waals surface area contributed by atoms with Crippen molar-refractivity contribution in [2.75, 3.05) is 0 Å². The van der Waals surface area contributed by atoms with Crippen LogP contribution < -0.4 is 0 Å². The van der Waals surface area contributed by atoms with Gasteiger partial charge >= 0.3 is 6.18 Å². The summed E-state index contributed by atoms with van der Waals surface area (Å²) in [6.07, 6.45) is -4.88. The Morgan fingerprint density at radius 1 is 1.41 bits per heavy atom. The van der Waals surface area contributed by atoms with Crippen molar-refractivity contribution < 1.29 is 22.9 Å². The minimum atomic E-state index is -4.88. The quantitative estimate of drug-likeness (QED) is 0.476. The molecule has 8 heteroatoms. The van der Waals surface area contributed by atoms with Crippen LogP contribution in [0.3, 0.4) is 0 Å². The van der Waals surface area contributed by atoms with Crippen molar-refractivity contribution in [3.05, 3.63) is 37.8 Å². The van der Waals surface area contributed by atoms with Crippen LogP contribution in [0.4, 0.5) is 18.9 Å². The van der Waals surface area contributed by atoms with Gasteiger partial charge in [0.2, 0.25) is 0 Å². The summed E-state index contributed by atoms with van der Waals surface area (Å²) in [5.41, 5.74) is -2.77. The number of carbonyl (C=O) groups is 1. The Bertz CT molecular complexity index is 499. The average molecular weight is 312 g/mol. The van der Waals surface area contributed by atoms with E-state index in [-0.39, 0.29) is 10.0 Å². The summed E-state index contributed by atoms with van der Waals surface area (Å²) in [7, 11) is 0. The van der Waals surface area contributed by atoms with Crippen LogP contribution in [0.15, 0.2) is 16.6 Å². The average Bonchev–Trinajstić information content (AvgIpc) is 2.14. The van der Waals surface area contributed by atoms with Crippen molar-refractivity contribution >= 4 is 27.4 Å². The molecule has 0 saturated heterocycles. The van der Waals surface area contributed by atoms with Gasteiger partial charge in [-0.2, -0.15) is 13.2 Å². The molecule has 0 spiro atoms. The predicted octanol–water partition coefficient (Wildman–Crippen LogP) is 3.58. The maximum absolute atomic E-state index is 12.6. The largest absolute Gasteiger partial charge is 0.423 e. The highest BCUT2D eigenvalue weighted by Gasteiger charge is 2.39. The Morgan fingerprint density at radius 3 is 2.29 bits per heavy atom. The fraction of sp³-hybridized carbons (Fsp3) is 0.222. The van der Waals surface area contributed by atoms with Crippen molar-refractivity contribution in [2.45, 2.75) is 13.1 Å². The minimum Gasteiger partial charge on any atom is -0.294 e. The molecule has 0 radical (unpaired) electrons. The van der Waals surface area contributed by atoms with Crippen LogP contribution in [0.1, 0.15) is 22.8 Å². The van der Waals surface area contributed by atoms with Gasteiger partial charge < -0.3 is 0 Å². The molecule has 0 bridgehead atoms. The van der Waals surface area contributed by atoms with Gasteiger partial charge in [-0.25, -0.2) is 0 Å². The topological polar surface area (TPSA) is 60.2 Å². The molecule has 1 aromatic carbocycles. The van der Waals surface area contributed by atoms with E-state index in [4.69, 9.17) is 0 Å². The molecule has 0 amide bonds. The second-order valence-electron chi connectivity index (χ2n) is 3.16. The van der Waals surface area contributed by atoms with Crippen LogP contribution in [-0.4, -0.2) is 10.7 Å². The first kappa shape index (κ1) is 13.6. The molecule has 92 valence electrons. The van der Waals surface area contributed by atoms with E-state index in [1.807, 2.05) is 0 Å². The zero-order chi connectivity index (χ0) is 13.4. The van der Waals surface area contributed by atoms with Crippen molar-refractivity contribution in [3.8, 4) is 0 Å². The molecule has 0 saturated carbocycles. The van der Waals surface area contributed by atoms with E-state index in [1.165, 1.54) is 0 Å². The molecule has 0 atom stereocenters. The number of rotatable bonds is 2. The zero-order valence-corrected chi connectivity index (χ0v) is 9.92. The Kier molecular flexibility index (Phi) is 3.56. The fourth-order valence-electron chi connectivity index (χ4n) is 1.21. The van der Waals surface area contributed by atoms with E-state index in [9.17, 15) is 28.1 Å². The normalized spacial score (nSPS) is 11.4. The third-order valence-electron chi connectivity index (χ3n) is 1.97. The summed E-state index contributed by atoms with van der Waals surface area (Å²) in [4.78, 5) is 20.4. The molecule has 0 unspecified atom stereocenters. The van der Waals surface area contributed by atoms with Crippen molar-refractivity contribution in [1.82, 2.24) is 0 Å². The first-order valence-electron chi connectivity index (χ1n) is 4.20. The summed E-state index contributed by atoms with van der Waals surface area (Å²) in [5, 5.41) is 10.5. The number of nitro groups is 1. The predicted molar refractivity (Wildman–Crippen MR) is 55.8 cm³/mol. The zero-order valence-electron chi connectivity index (χ0n) is 8.34. The summed E-state index contributed by atoms with van der Waals surface area (Å²) >= 11 is 2.82. The Hall–Kier alpha value is -1.44. The second-order valence-corrected chi connectivity index (χ2v) is 4.01. The summed E-state index contributed by atoms with van der Waals surface area (Å²) in [5.74, 6) is -0.614. The van der Waals surface area contributed by atoms with Crippen molar-refractivity contribution in [1.29, 1.82) is 0 Å². The van der Waals surface area contributed by atoms with Gasteiger partial charge in [0.05, 0.1) is 4.92 Å². The lowest BCUT2D eigenvalue weighted by atomic mass is 10.1. The number of nitro benzene ring substituents is 1. The molecular weight excluding hydrogens is 307 g/mol. The van der Waals surface area contributed by atoms with Crippen LogP contribution in [0.25, 0.3) is 0 Å². The highest BCUT2D eigenvalue weighted by atomic mass is 79.9. The first-order valence-corrected chi connectivity index (χ1v) is 5.00. The molecule has 0 N–H and O–H groups in total. The third-order valence-corrected chi connectivity index (χ3v) is 2.62. The monoisotopic (exact) mass is 311 g/mol. The number of benzene rings is 1. The number of halogens is 4. The lowest BCUT2D eigenvalue weighted by molar-refractivity contribution is -0.388. The number of Topliss-reactive ketones (excluding diaryl/α,β-unsaturated/α-hetero) is 1. The minimum absolute atomic E-state index is 0.0373. The molecule has 0 aliphatic carbocycles. The Balaban J connectivity index is 3.60. The third kappa shape index (κ3) is 2.82. The Labute approximate surface area is 102 Å². The number of ketones is 1. The summed E-state index contributed by atoms with van der Waals surface area (Å²) in [6.45, 7) is 1.08. The van der Waals surface area contributed by atoms with E-state index in [0.29, 0.717) is 12.1 Å². The molecular formula is C9H5BrF3NO3. The lowest BCUT2D eigenvalue weighted by Crippen LogP contribution is -2.11. The van der Waals surface area contributed by atoms with Gasteiger partial charge in [0, 0.05) is 16.1 Å². The van der Waals surface area contributed by atoms with Gasteiger partial charge in [0.1, 0.15) is 5.56 Å². The van der Waals surface area contributed by atoms with Gasteiger partial charge in [0.15, 0.2) is 5.78 Å². The second kappa shape index (κ2) is 4.44. The standard InChI is InChI=1S/C9H5BrF3NO3/c1-4(15)5-2-6(9(11,12)13)8(14(16)17)3-7(5)10/h2-3H,1H3. The lowest BCUT2D eigenvalue weighted by Gasteiger charge is -2.09. The van der Waals surface area contributed by atoms with Gasteiger partial charge in [-0.1, -0.05) is 0 Å². The van der Waals surface area contributed by atoms with E-state index >= 15 is 0 Å². The fourth-order valence-corrected chi connectivity index (χ4v) is 1.82. The number of alkyl halides is 3. The molecule has 1 rings (SSSR count). The maximum Gasteiger partial charge on any atom is 0.423 e. The maximum atomic E-state index is 12.6. The number of hydrogen-bond acceptors (Lipinski definition) is 3. The van der Waals surface area contributed by atoms with Crippen LogP contribution in [-0.2, 0) is 6.18 Å². The summed E-state index contributed by atoms with van der Waals surface area (Å²) < 4.78 is 37.6. The molecule has 0 aliphatic rings. The number of hydrogen-bond donors (Lipinski definition) is 0. The van der Waals surface area contributed by atoms with E-state index in [2.05, 4.69) is 15.9 Å². The molecule has 0 fully saturated rings. The highest BCUT2D eigenvalue weighted by Crippen LogP contribution is 2.39. The smallest absolute Gasteiger partial charge is 0.294 e. The number of carbonyl (C=O) groups excluding carboxylic acids is 1. The number of nitrogens with zero attached hydrogens (tertiary/aromatic N) is 1. The van der Waals surface area contributed by atoms with Crippen LogP contribution in [0, 0.1) is 10.1 Å². The van der Waals surface area contributed by atoms with Gasteiger partial charge in [-0.05, 0) is 28.9 Å². The van der Waals surface area contributed by atoms with Gasteiger partial charge in [-0.15, -0.1) is 0 Å². The SMILES string of the molecule is CC(=O)c1cc(C(F)(F)F)c([N+](=O)[O-])cc1Br.